The topological polar surface area (TPSA) is 70.4 Å². The van der Waals surface area contributed by atoms with E-state index in [9.17, 15) is 17.2 Å². The van der Waals surface area contributed by atoms with Crippen LogP contribution in [0.15, 0.2) is 53.4 Å². The van der Waals surface area contributed by atoms with Crippen molar-refractivity contribution in [1.29, 1.82) is 5.26 Å². The molecular formula is C16H14F2N2O3S. The third-order valence-electron chi connectivity index (χ3n) is 3.25. The molecule has 0 saturated carbocycles. The fraction of sp³-hybridized carbons (Fsp3) is 0.188. The summed E-state index contributed by atoms with van der Waals surface area (Å²) < 4.78 is 54.5. The Bertz CT molecular complexity index is 829. The molecule has 0 N–H and O–H groups in total. The standard InChI is InChI=1S/C16H14F2N2O3S/c1-20(11-13-2-6-14(7-3-13)23-16(17)18)24(21,22)15-8-4-12(10-19)5-9-15/h2-9,16H,11H2,1H3. The molecule has 2 rings (SSSR count). The molecule has 0 atom stereocenters. The first-order valence-electron chi connectivity index (χ1n) is 6.83. The lowest BCUT2D eigenvalue weighted by molar-refractivity contribution is -0.0498. The van der Waals surface area contributed by atoms with E-state index in [1.807, 2.05) is 6.07 Å². The van der Waals surface area contributed by atoms with Gasteiger partial charge in [0.2, 0.25) is 10.0 Å². The summed E-state index contributed by atoms with van der Waals surface area (Å²) in [6, 6.07) is 13.2. The first-order chi connectivity index (χ1) is 11.3. The van der Waals surface area contributed by atoms with Gasteiger partial charge < -0.3 is 4.74 Å². The molecule has 2 aromatic rings. The van der Waals surface area contributed by atoms with Gasteiger partial charge in [-0.1, -0.05) is 12.1 Å². The van der Waals surface area contributed by atoms with Gasteiger partial charge in [0.25, 0.3) is 0 Å². The van der Waals surface area contributed by atoms with E-state index in [-0.39, 0.29) is 17.2 Å². The molecule has 0 heterocycles. The average molecular weight is 352 g/mol. The van der Waals surface area contributed by atoms with E-state index in [4.69, 9.17) is 5.26 Å². The van der Waals surface area contributed by atoms with Crippen LogP contribution < -0.4 is 4.74 Å². The van der Waals surface area contributed by atoms with Crippen molar-refractivity contribution < 1.29 is 21.9 Å². The van der Waals surface area contributed by atoms with Crippen molar-refractivity contribution >= 4 is 10.0 Å². The van der Waals surface area contributed by atoms with Gasteiger partial charge in [0.15, 0.2) is 0 Å². The maximum atomic E-state index is 12.5. The summed E-state index contributed by atoms with van der Waals surface area (Å²) in [5.41, 5.74) is 0.988. The van der Waals surface area contributed by atoms with Crippen molar-refractivity contribution in [3.63, 3.8) is 0 Å². The monoisotopic (exact) mass is 352 g/mol. The van der Waals surface area contributed by atoms with Crippen molar-refractivity contribution in [3.8, 4) is 11.8 Å². The van der Waals surface area contributed by atoms with E-state index in [2.05, 4.69) is 4.74 Å². The second-order valence-corrected chi connectivity index (χ2v) is 6.96. The lowest BCUT2D eigenvalue weighted by Gasteiger charge is -2.17. The molecule has 24 heavy (non-hydrogen) atoms. The molecule has 0 bridgehead atoms. The maximum Gasteiger partial charge on any atom is 0.387 e. The van der Waals surface area contributed by atoms with Crippen molar-refractivity contribution in [1.82, 2.24) is 4.31 Å². The van der Waals surface area contributed by atoms with E-state index < -0.39 is 16.6 Å². The van der Waals surface area contributed by atoms with Gasteiger partial charge in [-0.15, -0.1) is 0 Å². The Hall–Kier alpha value is -2.50. The Morgan fingerprint density at radius 3 is 2.21 bits per heavy atom. The van der Waals surface area contributed by atoms with Crippen molar-refractivity contribution in [2.75, 3.05) is 7.05 Å². The Balaban J connectivity index is 2.12. The van der Waals surface area contributed by atoms with E-state index in [0.29, 0.717) is 11.1 Å². The number of ether oxygens (including phenoxy) is 1. The third-order valence-corrected chi connectivity index (χ3v) is 5.06. The van der Waals surface area contributed by atoms with Gasteiger partial charge >= 0.3 is 6.61 Å². The second kappa shape index (κ2) is 7.38. The summed E-state index contributed by atoms with van der Waals surface area (Å²) in [5, 5.41) is 8.75. The zero-order chi connectivity index (χ0) is 17.7. The number of alkyl halides is 2. The van der Waals surface area contributed by atoms with Crippen LogP contribution in [-0.4, -0.2) is 26.4 Å². The fourth-order valence-electron chi connectivity index (χ4n) is 2.00. The van der Waals surface area contributed by atoms with E-state index >= 15 is 0 Å². The molecule has 2 aromatic carbocycles. The summed E-state index contributed by atoms with van der Waals surface area (Å²) in [6.45, 7) is -2.84. The smallest absolute Gasteiger partial charge is 0.387 e. The number of halogens is 2. The Kier molecular flexibility index (Phi) is 5.49. The summed E-state index contributed by atoms with van der Waals surface area (Å²) in [4.78, 5) is 0.0710. The highest BCUT2D eigenvalue weighted by Crippen LogP contribution is 2.19. The van der Waals surface area contributed by atoms with Crippen LogP contribution in [0, 0.1) is 11.3 Å². The predicted octanol–water partition coefficient (Wildman–Crippen LogP) is 2.98. The molecule has 0 unspecified atom stereocenters. The molecule has 8 heteroatoms. The second-order valence-electron chi connectivity index (χ2n) is 4.92. The number of sulfonamides is 1. The van der Waals surface area contributed by atoms with Gasteiger partial charge in [0, 0.05) is 13.6 Å². The first kappa shape index (κ1) is 17.8. The number of hydrogen-bond acceptors (Lipinski definition) is 4. The molecule has 0 fully saturated rings. The summed E-state index contributed by atoms with van der Waals surface area (Å²) in [5.74, 6) is 0.00588. The Labute approximate surface area is 138 Å². The molecule has 126 valence electrons. The van der Waals surface area contributed by atoms with Gasteiger partial charge in [-0.3, -0.25) is 0 Å². The SMILES string of the molecule is CN(Cc1ccc(OC(F)F)cc1)S(=O)(=O)c1ccc(C#N)cc1. The maximum absolute atomic E-state index is 12.5. The van der Waals surface area contributed by atoms with Crippen molar-refractivity contribution in [3.05, 3.63) is 59.7 Å². The summed E-state index contributed by atoms with van der Waals surface area (Å²) in [7, 11) is -2.30. The Morgan fingerprint density at radius 1 is 1.12 bits per heavy atom. The molecule has 0 aliphatic rings. The molecule has 0 spiro atoms. The zero-order valence-electron chi connectivity index (χ0n) is 12.7. The highest BCUT2D eigenvalue weighted by Gasteiger charge is 2.20. The fourth-order valence-corrected chi connectivity index (χ4v) is 3.16. The van der Waals surface area contributed by atoms with Gasteiger partial charge in [-0.25, -0.2) is 8.42 Å². The number of benzene rings is 2. The van der Waals surface area contributed by atoms with Crippen LogP contribution in [0.4, 0.5) is 8.78 Å². The first-order valence-corrected chi connectivity index (χ1v) is 8.27. The van der Waals surface area contributed by atoms with Gasteiger partial charge in [-0.05, 0) is 42.0 Å². The van der Waals surface area contributed by atoms with Gasteiger partial charge in [0.1, 0.15) is 5.75 Å². The molecule has 5 nitrogen and oxygen atoms in total. The van der Waals surface area contributed by atoms with Crippen LogP contribution in [0.25, 0.3) is 0 Å². The molecule has 0 aromatic heterocycles. The van der Waals surface area contributed by atoms with Crippen LogP contribution in [0.5, 0.6) is 5.75 Å². The number of rotatable bonds is 6. The molecular weight excluding hydrogens is 338 g/mol. The van der Waals surface area contributed by atoms with E-state index in [1.54, 1.807) is 0 Å². The Morgan fingerprint density at radius 2 is 1.71 bits per heavy atom. The van der Waals surface area contributed by atoms with Gasteiger partial charge in [-0.2, -0.15) is 18.3 Å². The van der Waals surface area contributed by atoms with Crippen molar-refractivity contribution in [2.24, 2.45) is 0 Å². The molecule has 0 saturated heterocycles. The van der Waals surface area contributed by atoms with Crippen LogP contribution >= 0.6 is 0 Å². The number of nitrogens with zero attached hydrogens (tertiary/aromatic N) is 2. The predicted molar refractivity (Wildman–Crippen MR) is 82.9 cm³/mol. The number of hydrogen-bond donors (Lipinski definition) is 0. The highest BCUT2D eigenvalue weighted by molar-refractivity contribution is 7.89. The largest absolute Gasteiger partial charge is 0.435 e. The quantitative estimate of drug-likeness (QED) is 0.801. The average Bonchev–Trinajstić information content (AvgIpc) is 2.56. The minimum Gasteiger partial charge on any atom is -0.435 e. The third kappa shape index (κ3) is 4.28. The van der Waals surface area contributed by atoms with Crippen LogP contribution in [0.2, 0.25) is 0 Å². The minimum atomic E-state index is -3.72. The zero-order valence-corrected chi connectivity index (χ0v) is 13.5. The lowest BCUT2D eigenvalue weighted by Crippen LogP contribution is -2.26. The lowest BCUT2D eigenvalue weighted by atomic mass is 10.2. The minimum absolute atomic E-state index is 0.00588. The molecule has 0 amide bonds. The van der Waals surface area contributed by atoms with Crippen molar-refractivity contribution in [2.45, 2.75) is 18.1 Å². The summed E-state index contributed by atoms with van der Waals surface area (Å²) >= 11 is 0. The normalized spacial score (nSPS) is 11.5. The van der Waals surface area contributed by atoms with E-state index in [0.717, 1.165) is 4.31 Å². The van der Waals surface area contributed by atoms with E-state index in [1.165, 1.54) is 55.6 Å². The van der Waals surface area contributed by atoms with Crippen LogP contribution in [0.3, 0.4) is 0 Å². The molecule has 0 aliphatic heterocycles. The highest BCUT2D eigenvalue weighted by atomic mass is 32.2. The van der Waals surface area contributed by atoms with Crippen LogP contribution in [-0.2, 0) is 16.6 Å². The molecule has 0 aliphatic carbocycles. The molecule has 0 radical (unpaired) electrons. The van der Waals surface area contributed by atoms with Gasteiger partial charge in [0.05, 0.1) is 16.5 Å². The van der Waals surface area contributed by atoms with Crippen LogP contribution in [0.1, 0.15) is 11.1 Å². The number of nitriles is 1. The summed E-state index contributed by atoms with van der Waals surface area (Å²) in [6.07, 6.45) is 0.